The lowest BCUT2D eigenvalue weighted by Gasteiger charge is -2.13. The first-order valence-corrected chi connectivity index (χ1v) is 9.95. The van der Waals surface area contributed by atoms with Crippen LogP contribution in [0.15, 0.2) is 53.7 Å². The third-order valence-corrected chi connectivity index (χ3v) is 4.51. The highest BCUT2D eigenvalue weighted by molar-refractivity contribution is 5.79. The molecule has 2 heterocycles. The van der Waals surface area contributed by atoms with Crippen LogP contribution in [0.3, 0.4) is 0 Å². The quantitative estimate of drug-likeness (QED) is 0.428. The Bertz CT molecular complexity index is 1040. The lowest BCUT2D eigenvalue weighted by atomic mass is 10.2. The van der Waals surface area contributed by atoms with Gasteiger partial charge in [-0.1, -0.05) is 18.2 Å². The fourth-order valence-corrected chi connectivity index (χ4v) is 2.97. The average molecular weight is 446 g/mol. The standard InChI is InChI=1S/C22H25F3N6O/c1-15-10-16(2)31(30-15)20-9-6-18(12-27-20)13-29-21(26-3)28-11-17-4-7-19(8-5-17)32-14-22(23,24)25/h4-10,12H,11,13-14H2,1-3H3,(H2,26,28,29). The van der Waals surface area contributed by atoms with Gasteiger partial charge in [-0.25, -0.2) is 9.67 Å². The Kier molecular flexibility index (Phi) is 7.34. The molecule has 3 rings (SSSR count). The van der Waals surface area contributed by atoms with Crippen LogP contribution >= 0.6 is 0 Å². The van der Waals surface area contributed by atoms with E-state index in [1.807, 2.05) is 32.0 Å². The highest BCUT2D eigenvalue weighted by Crippen LogP contribution is 2.18. The van der Waals surface area contributed by atoms with Crippen LogP contribution in [0.1, 0.15) is 22.5 Å². The topological polar surface area (TPSA) is 76.4 Å². The zero-order valence-electron chi connectivity index (χ0n) is 18.1. The molecule has 3 aromatic rings. The van der Waals surface area contributed by atoms with E-state index in [2.05, 4.69) is 25.7 Å². The summed E-state index contributed by atoms with van der Waals surface area (Å²) in [5.41, 5.74) is 3.81. The number of aliphatic imine (C=N–C) groups is 1. The van der Waals surface area contributed by atoms with Crippen LogP contribution in [0.5, 0.6) is 5.75 Å². The molecule has 0 amide bonds. The van der Waals surface area contributed by atoms with Crippen LogP contribution in [0, 0.1) is 13.8 Å². The van der Waals surface area contributed by atoms with Crippen LogP contribution in [0.25, 0.3) is 5.82 Å². The Morgan fingerprint density at radius 3 is 2.22 bits per heavy atom. The van der Waals surface area contributed by atoms with Crippen LogP contribution in [0.2, 0.25) is 0 Å². The van der Waals surface area contributed by atoms with Crippen molar-refractivity contribution in [3.05, 3.63) is 71.2 Å². The molecule has 0 aliphatic rings. The van der Waals surface area contributed by atoms with Gasteiger partial charge in [0.2, 0.25) is 0 Å². The molecular weight excluding hydrogens is 421 g/mol. The van der Waals surface area contributed by atoms with Gasteiger partial charge in [-0.2, -0.15) is 18.3 Å². The Balaban J connectivity index is 1.48. The Hall–Kier alpha value is -3.56. The molecule has 7 nitrogen and oxygen atoms in total. The molecule has 2 aromatic heterocycles. The largest absolute Gasteiger partial charge is 0.484 e. The lowest BCUT2D eigenvalue weighted by Crippen LogP contribution is -2.36. The Morgan fingerprint density at radius 1 is 1.03 bits per heavy atom. The summed E-state index contributed by atoms with van der Waals surface area (Å²) in [5, 5.41) is 10.8. The number of halogens is 3. The zero-order valence-corrected chi connectivity index (χ0v) is 18.1. The third kappa shape index (κ3) is 6.73. The van der Waals surface area contributed by atoms with E-state index in [4.69, 9.17) is 4.74 Å². The summed E-state index contributed by atoms with van der Waals surface area (Å²) in [6.07, 6.45) is -2.57. The number of aryl methyl sites for hydroxylation is 2. The minimum Gasteiger partial charge on any atom is -0.484 e. The molecule has 0 fully saturated rings. The number of hydrogen-bond donors (Lipinski definition) is 2. The average Bonchev–Trinajstić information content (AvgIpc) is 3.11. The van der Waals surface area contributed by atoms with Gasteiger partial charge in [0.05, 0.1) is 5.69 Å². The van der Waals surface area contributed by atoms with E-state index < -0.39 is 12.8 Å². The van der Waals surface area contributed by atoms with Gasteiger partial charge in [-0.15, -0.1) is 0 Å². The Morgan fingerprint density at radius 2 is 1.69 bits per heavy atom. The molecule has 32 heavy (non-hydrogen) atoms. The second-order valence-corrected chi connectivity index (χ2v) is 7.19. The maximum absolute atomic E-state index is 12.2. The van der Waals surface area contributed by atoms with Gasteiger partial charge < -0.3 is 15.4 Å². The van der Waals surface area contributed by atoms with Crippen molar-refractivity contribution in [3.8, 4) is 11.6 Å². The SMILES string of the molecule is CN=C(NCc1ccc(OCC(F)(F)F)cc1)NCc1ccc(-n2nc(C)cc2C)nc1. The van der Waals surface area contributed by atoms with Gasteiger partial charge in [0.1, 0.15) is 5.75 Å². The van der Waals surface area contributed by atoms with Crippen molar-refractivity contribution in [1.82, 2.24) is 25.4 Å². The smallest absolute Gasteiger partial charge is 0.422 e. The summed E-state index contributed by atoms with van der Waals surface area (Å²) in [6.45, 7) is 3.59. The highest BCUT2D eigenvalue weighted by Gasteiger charge is 2.28. The molecule has 0 radical (unpaired) electrons. The second kappa shape index (κ2) is 10.2. The van der Waals surface area contributed by atoms with Crippen molar-refractivity contribution in [1.29, 1.82) is 0 Å². The van der Waals surface area contributed by atoms with Gasteiger partial charge >= 0.3 is 6.18 Å². The monoisotopic (exact) mass is 446 g/mol. The predicted molar refractivity (Wildman–Crippen MR) is 116 cm³/mol. The van der Waals surface area contributed by atoms with E-state index in [0.29, 0.717) is 19.0 Å². The summed E-state index contributed by atoms with van der Waals surface area (Å²) in [5.74, 6) is 1.51. The summed E-state index contributed by atoms with van der Waals surface area (Å²) in [4.78, 5) is 8.66. The second-order valence-electron chi connectivity index (χ2n) is 7.19. The van der Waals surface area contributed by atoms with Crippen LogP contribution in [-0.4, -0.2) is 40.6 Å². The van der Waals surface area contributed by atoms with Crippen molar-refractivity contribution < 1.29 is 17.9 Å². The van der Waals surface area contributed by atoms with E-state index in [1.54, 1.807) is 30.1 Å². The minimum atomic E-state index is -4.36. The molecular formula is C22H25F3N6O. The molecule has 0 atom stereocenters. The van der Waals surface area contributed by atoms with Gasteiger partial charge in [0.15, 0.2) is 18.4 Å². The van der Waals surface area contributed by atoms with Gasteiger partial charge in [0, 0.05) is 32.0 Å². The zero-order chi connectivity index (χ0) is 23.1. The third-order valence-electron chi connectivity index (χ3n) is 4.51. The van der Waals surface area contributed by atoms with E-state index in [-0.39, 0.29) is 5.75 Å². The van der Waals surface area contributed by atoms with E-state index >= 15 is 0 Å². The van der Waals surface area contributed by atoms with Crippen LogP contribution in [-0.2, 0) is 13.1 Å². The maximum atomic E-state index is 12.2. The molecule has 0 saturated carbocycles. The number of hydrogen-bond acceptors (Lipinski definition) is 4. The Labute approximate surface area is 184 Å². The van der Waals surface area contributed by atoms with E-state index in [1.165, 1.54) is 12.1 Å². The first-order chi connectivity index (χ1) is 15.2. The molecule has 0 spiro atoms. The molecule has 0 aliphatic heterocycles. The molecule has 0 unspecified atom stereocenters. The lowest BCUT2D eigenvalue weighted by molar-refractivity contribution is -0.153. The fourth-order valence-electron chi connectivity index (χ4n) is 2.97. The molecule has 2 N–H and O–H groups in total. The number of alkyl halides is 3. The first kappa shape index (κ1) is 23.1. The van der Waals surface area contributed by atoms with E-state index in [9.17, 15) is 13.2 Å². The van der Waals surface area contributed by atoms with Crippen molar-refractivity contribution in [2.75, 3.05) is 13.7 Å². The number of ether oxygens (including phenoxy) is 1. The minimum absolute atomic E-state index is 0.171. The van der Waals surface area contributed by atoms with Crippen molar-refractivity contribution in [3.63, 3.8) is 0 Å². The van der Waals surface area contributed by atoms with Crippen LogP contribution < -0.4 is 15.4 Å². The van der Waals surface area contributed by atoms with Crippen LogP contribution in [0.4, 0.5) is 13.2 Å². The molecule has 0 saturated heterocycles. The summed E-state index contributed by atoms with van der Waals surface area (Å²) < 4.78 is 43.2. The summed E-state index contributed by atoms with van der Waals surface area (Å²) in [6, 6.07) is 12.3. The van der Waals surface area contributed by atoms with Crippen molar-refractivity contribution in [2.24, 2.45) is 4.99 Å². The van der Waals surface area contributed by atoms with E-state index in [0.717, 1.165) is 28.3 Å². The number of guanidine groups is 1. The highest BCUT2D eigenvalue weighted by atomic mass is 19.4. The molecule has 0 bridgehead atoms. The number of rotatable bonds is 7. The molecule has 0 aliphatic carbocycles. The normalized spacial score (nSPS) is 12.0. The number of nitrogens with zero attached hydrogens (tertiary/aromatic N) is 4. The van der Waals surface area contributed by atoms with Gasteiger partial charge in [-0.3, -0.25) is 4.99 Å². The first-order valence-electron chi connectivity index (χ1n) is 9.95. The molecule has 10 heteroatoms. The molecule has 170 valence electrons. The number of nitrogens with one attached hydrogen (secondary N) is 2. The van der Waals surface area contributed by atoms with Crippen molar-refractivity contribution >= 4 is 5.96 Å². The summed E-state index contributed by atoms with van der Waals surface area (Å²) >= 11 is 0. The fraction of sp³-hybridized carbons (Fsp3) is 0.318. The van der Waals surface area contributed by atoms with Gasteiger partial charge in [0.25, 0.3) is 0 Å². The van der Waals surface area contributed by atoms with Crippen molar-refractivity contribution in [2.45, 2.75) is 33.1 Å². The summed E-state index contributed by atoms with van der Waals surface area (Å²) in [7, 11) is 1.66. The number of aromatic nitrogens is 3. The predicted octanol–water partition coefficient (Wildman–Crippen LogP) is 3.69. The number of benzene rings is 1. The molecule has 1 aromatic carbocycles. The van der Waals surface area contributed by atoms with Gasteiger partial charge in [-0.05, 0) is 49.2 Å². The maximum Gasteiger partial charge on any atom is 0.422 e. The number of pyridine rings is 1.